The van der Waals surface area contributed by atoms with Crippen molar-refractivity contribution in [3.05, 3.63) is 59.4 Å². The lowest BCUT2D eigenvalue weighted by atomic mass is 10.2. The van der Waals surface area contributed by atoms with Gasteiger partial charge in [-0.2, -0.15) is 0 Å². The number of aromatic nitrogens is 1. The van der Waals surface area contributed by atoms with Gasteiger partial charge in [0.05, 0.1) is 10.7 Å². The monoisotopic (exact) mass is 303 g/mol. The highest BCUT2D eigenvalue weighted by atomic mass is 35.5. The minimum Gasteiger partial charge on any atom is -0.324 e. The smallest absolute Gasteiger partial charge is 0.321 e. The van der Waals surface area contributed by atoms with Gasteiger partial charge < -0.3 is 10.2 Å². The van der Waals surface area contributed by atoms with Gasteiger partial charge >= 0.3 is 6.03 Å². The molecule has 1 heterocycles. The molecular weight excluding hydrogens is 286 g/mol. The number of hydrogen-bond acceptors (Lipinski definition) is 2. The number of carbonyl (C=O) groups is 1. The Labute approximate surface area is 129 Å². The minimum atomic E-state index is -0.139. The summed E-state index contributed by atoms with van der Waals surface area (Å²) in [5, 5.41) is 3.38. The average molecular weight is 304 g/mol. The summed E-state index contributed by atoms with van der Waals surface area (Å²) < 4.78 is 0. The number of nitrogens with zero attached hydrogens (tertiary/aromatic N) is 2. The van der Waals surface area contributed by atoms with Gasteiger partial charge in [0.2, 0.25) is 0 Å². The number of amides is 2. The van der Waals surface area contributed by atoms with Crippen molar-refractivity contribution in [2.75, 3.05) is 18.4 Å². The van der Waals surface area contributed by atoms with Crippen LogP contribution in [0.3, 0.4) is 0 Å². The minimum absolute atomic E-state index is 0.139. The van der Waals surface area contributed by atoms with Gasteiger partial charge in [0.25, 0.3) is 0 Å². The second-order valence-corrected chi connectivity index (χ2v) is 5.00. The molecule has 0 aliphatic carbocycles. The summed E-state index contributed by atoms with van der Waals surface area (Å²) in [6, 6.07) is 11.0. The van der Waals surface area contributed by atoms with Crippen molar-refractivity contribution < 1.29 is 4.79 Å². The van der Waals surface area contributed by atoms with Gasteiger partial charge in [-0.25, -0.2) is 4.79 Å². The van der Waals surface area contributed by atoms with Crippen LogP contribution in [0.2, 0.25) is 5.02 Å². The van der Waals surface area contributed by atoms with Crippen LogP contribution in [0.15, 0.2) is 48.8 Å². The molecule has 1 N–H and O–H groups in total. The lowest BCUT2D eigenvalue weighted by molar-refractivity contribution is 0.215. The van der Waals surface area contributed by atoms with Crippen molar-refractivity contribution in [1.82, 2.24) is 9.88 Å². The van der Waals surface area contributed by atoms with E-state index in [1.807, 2.05) is 31.2 Å². The van der Waals surface area contributed by atoms with E-state index in [0.717, 1.165) is 12.0 Å². The van der Waals surface area contributed by atoms with E-state index in [0.29, 0.717) is 23.8 Å². The van der Waals surface area contributed by atoms with E-state index in [1.165, 1.54) is 0 Å². The zero-order chi connectivity index (χ0) is 15.1. The summed E-state index contributed by atoms with van der Waals surface area (Å²) in [6.45, 7) is 3.25. The van der Waals surface area contributed by atoms with Crippen molar-refractivity contribution in [2.24, 2.45) is 0 Å². The highest BCUT2D eigenvalue weighted by Crippen LogP contribution is 2.20. The fourth-order valence-corrected chi connectivity index (χ4v) is 2.16. The molecule has 5 heteroatoms. The number of halogens is 1. The Balaban J connectivity index is 1.94. The quantitative estimate of drug-likeness (QED) is 0.912. The van der Waals surface area contributed by atoms with Crippen molar-refractivity contribution in [3.8, 4) is 0 Å². The second kappa shape index (κ2) is 7.64. The molecule has 2 amide bonds. The number of rotatable bonds is 5. The van der Waals surface area contributed by atoms with Crippen molar-refractivity contribution in [2.45, 2.75) is 13.3 Å². The highest BCUT2D eigenvalue weighted by molar-refractivity contribution is 6.33. The first-order chi connectivity index (χ1) is 10.2. The van der Waals surface area contributed by atoms with E-state index >= 15 is 0 Å². The normalized spacial score (nSPS) is 10.2. The molecule has 0 fully saturated rings. The van der Waals surface area contributed by atoms with Crippen LogP contribution in [0.4, 0.5) is 10.5 Å². The predicted octanol–water partition coefficient (Wildman–Crippen LogP) is 3.83. The number of anilines is 1. The first kappa shape index (κ1) is 15.3. The number of likely N-dealkylation sites (N-methyl/N-ethyl adjacent to an activating group) is 1. The molecule has 0 saturated carbocycles. The fourth-order valence-electron chi connectivity index (χ4n) is 1.97. The molecule has 2 rings (SSSR count). The van der Waals surface area contributed by atoms with Crippen LogP contribution < -0.4 is 5.32 Å². The Kier molecular flexibility index (Phi) is 5.58. The molecule has 1 aromatic carbocycles. The van der Waals surface area contributed by atoms with Crippen LogP contribution in [0, 0.1) is 0 Å². The van der Waals surface area contributed by atoms with Crippen LogP contribution in [-0.4, -0.2) is 29.0 Å². The molecular formula is C16H18ClN3O. The molecule has 0 aliphatic heterocycles. The molecule has 0 spiro atoms. The molecule has 0 unspecified atom stereocenters. The Morgan fingerprint density at radius 2 is 1.95 bits per heavy atom. The van der Waals surface area contributed by atoms with E-state index in [4.69, 9.17) is 11.6 Å². The first-order valence-electron chi connectivity index (χ1n) is 6.90. The average Bonchev–Trinajstić information content (AvgIpc) is 2.51. The zero-order valence-electron chi connectivity index (χ0n) is 11.9. The topological polar surface area (TPSA) is 45.2 Å². The van der Waals surface area contributed by atoms with Gasteiger partial charge in [0, 0.05) is 25.5 Å². The lowest BCUT2D eigenvalue weighted by Gasteiger charge is -2.21. The number of urea groups is 1. The standard InChI is InChI=1S/C16H18ClN3O/c1-2-20(12-9-13-7-10-18-11-8-13)16(21)19-15-6-4-3-5-14(15)17/h3-8,10-11H,2,9,12H2,1H3,(H,19,21). The Hall–Kier alpha value is -2.07. The molecule has 4 nitrogen and oxygen atoms in total. The Morgan fingerprint density at radius 3 is 2.62 bits per heavy atom. The number of hydrogen-bond donors (Lipinski definition) is 1. The number of para-hydroxylation sites is 1. The van der Waals surface area contributed by atoms with E-state index in [-0.39, 0.29) is 6.03 Å². The first-order valence-corrected chi connectivity index (χ1v) is 7.28. The zero-order valence-corrected chi connectivity index (χ0v) is 12.7. The maximum absolute atomic E-state index is 12.3. The molecule has 0 aliphatic rings. The van der Waals surface area contributed by atoms with Gasteiger partial charge in [0.15, 0.2) is 0 Å². The van der Waals surface area contributed by atoms with Crippen molar-refractivity contribution >= 4 is 23.3 Å². The number of benzene rings is 1. The third-order valence-electron chi connectivity index (χ3n) is 3.20. The molecule has 1 aromatic heterocycles. The van der Waals surface area contributed by atoms with Crippen LogP contribution in [0.1, 0.15) is 12.5 Å². The van der Waals surface area contributed by atoms with Gasteiger partial charge in [-0.1, -0.05) is 23.7 Å². The van der Waals surface area contributed by atoms with Crippen molar-refractivity contribution in [3.63, 3.8) is 0 Å². The van der Waals surface area contributed by atoms with E-state index in [2.05, 4.69) is 10.3 Å². The number of carbonyl (C=O) groups excluding carboxylic acids is 1. The number of pyridine rings is 1. The van der Waals surface area contributed by atoms with E-state index in [9.17, 15) is 4.79 Å². The summed E-state index contributed by atoms with van der Waals surface area (Å²) in [4.78, 5) is 18.0. The molecule has 0 bridgehead atoms. The molecule has 2 aromatic rings. The third kappa shape index (κ3) is 4.46. The summed E-state index contributed by atoms with van der Waals surface area (Å²) >= 11 is 6.05. The third-order valence-corrected chi connectivity index (χ3v) is 3.53. The predicted molar refractivity (Wildman–Crippen MR) is 85.7 cm³/mol. The molecule has 0 atom stereocenters. The lowest BCUT2D eigenvalue weighted by Crippen LogP contribution is -2.36. The van der Waals surface area contributed by atoms with E-state index in [1.54, 1.807) is 29.4 Å². The summed E-state index contributed by atoms with van der Waals surface area (Å²) in [5.41, 5.74) is 1.79. The molecule has 21 heavy (non-hydrogen) atoms. The largest absolute Gasteiger partial charge is 0.324 e. The Bertz CT molecular complexity index is 589. The fraction of sp³-hybridized carbons (Fsp3) is 0.250. The van der Waals surface area contributed by atoms with Crippen LogP contribution in [0.25, 0.3) is 0 Å². The van der Waals surface area contributed by atoms with Crippen LogP contribution >= 0.6 is 11.6 Å². The maximum Gasteiger partial charge on any atom is 0.321 e. The van der Waals surface area contributed by atoms with E-state index < -0.39 is 0 Å². The van der Waals surface area contributed by atoms with Crippen molar-refractivity contribution in [1.29, 1.82) is 0 Å². The van der Waals surface area contributed by atoms with Gasteiger partial charge in [-0.05, 0) is 43.2 Å². The van der Waals surface area contributed by atoms with Crippen LogP contribution in [-0.2, 0) is 6.42 Å². The summed E-state index contributed by atoms with van der Waals surface area (Å²) in [7, 11) is 0. The van der Waals surface area contributed by atoms with Crippen LogP contribution in [0.5, 0.6) is 0 Å². The second-order valence-electron chi connectivity index (χ2n) is 4.60. The van der Waals surface area contributed by atoms with Gasteiger partial charge in [-0.15, -0.1) is 0 Å². The molecule has 110 valence electrons. The summed E-state index contributed by atoms with van der Waals surface area (Å²) in [5.74, 6) is 0. The van der Waals surface area contributed by atoms with Gasteiger partial charge in [-0.3, -0.25) is 4.98 Å². The SMILES string of the molecule is CCN(CCc1ccncc1)C(=O)Nc1ccccc1Cl. The molecule has 0 radical (unpaired) electrons. The number of nitrogens with one attached hydrogen (secondary N) is 1. The highest BCUT2D eigenvalue weighted by Gasteiger charge is 2.12. The summed E-state index contributed by atoms with van der Waals surface area (Å²) in [6.07, 6.45) is 4.32. The van der Waals surface area contributed by atoms with Gasteiger partial charge in [0.1, 0.15) is 0 Å². The Morgan fingerprint density at radius 1 is 1.24 bits per heavy atom. The molecule has 0 saturated heterocycles. The maximum atomic E-state index is 12.3.